The normalized spacial score (nSPS) is 13.6. The molecule has 1 unspecified atom stereocenters. The van der Waals surface area contributed by atoms with Gasteiger partial charge in [-0.05, 0) is 29.4 Å². The smallest absolute Gasteiger partial charge is 0.240 e. The summed E-state index contributed by atoms with van der Waals surface area (Å²) < 4.78 is 5.17. The second kappa shape index (κ2) is 6.61. The van der Waals surface area contributed by atoms with E-state index in [4.69, 9.17) is 4.52 Å². The molecule has 0 spiro atoms. The molecule has 0 bridgehead atoms. The zero-order valence-electron chi connectivity index (χ0n) is 14.5. The summed E-state index contributed by atoms with van der Waals surface area (Å²) in [6.45, 7) is 13.6. The Balaban J connectivity index is 2.10. The minimum Gasteiger partial charge on any atom is -0.338 e. The van der Waals surface area contributed by atoms with Crippen molar-refractivity contribution in [2.45, 2.75) is 59.5 Å². The van der Waals surface area contributed by atoms with Gasteiger partial charge in [0, 0.05) is 6.04 Å². The molecule has 0 aliphatic carbocycles. The second-order valence-electron chi connectivity index (χ2n) is 7.21. The number of rotatable bonds is 5. The summed E-state index contributed by atoms with van der Waals surface area (Å²) in [4.78, 5) is 4.24. The van der Waals surface area contributed by atoms with Crippen molar-refractivity contribution in [3.05, 3.63) is 47.1 Å². The molecular formula is C18H27N3O. The van der Waals surface area contributed by atoms with E-state index in [1.165, 1.54) is 11.1 Å². The van der Waals surface area contributed by atoms with Crippen molar-refractivity contribution < 1.29 is 4.52 Å². The molecule has 0 aliphatic rings. The highest BCUT2D eigenvalue weighted by molar-refractivity contribution is 5.29. The fourth-order valence-corrected chi connectivity index (χ4v) is 2.54. The molecule has 22 heavy (non-hydrogen) atoms. The maximum Gasteiger partial charge on any atom is 0.240 e. The molecule has 0 saturated heterocycles. The molecule has 0 saturated carbocycles. The lowest BCUT2D eigenvalue weighted by Crippen LogP contribution is -2.25. The second-order valence-corrected chi connectivity index (χ2v) is 7.21. The Bertz CT molecular complexity index is 594. The van der Waals surface area contributed by atoms with Gasteiger partial charge in [0.25, 0.3) is 0 Å². The summed E-state index contributed by atoms with van der Waals surface area (Å²) in [7, 11) is 0. The lowest BCUT2D eigenvalue weighted by molar-refractivity contribution is 0.336. The quantitative estimate of drug-likeness (QED) is 0.901. The largest absolute Gasteiger partial charge is 0.338 e. The minimum atomic E-state index is 0.181. The maximum absolute atomic E-state index is 5.17. The monoisotopic (exact) mass is 301 g/mol. The van der Waals surface area contributed by atoms with Crippen molar-refractivity contribution in [2.75, 3.05) is 0 Å². The molecule has 1 atom stereocenters. The van der Waals surface area contributed by atoms with Crippen LogP contribution in [-0.4, -0.2) is 10.1 Å². The van der Waals surface area contributed by atoms with Crippen molar-refractivity contribution in [3.8, 4) is 0 Å². The molecule has 4 heteroatoms. The molecule has 4 nitrogen and oxygen atoms in total. The highest BCUT2D eigenvalue weighted by Crippen LogP contribution is 2.26. The van der Waals surface area contributed by atoms with Crippen molar-refractivity contribution in [3.63, 3.8) is 0 Å². The Morgan fingerprint density at radius 2 is 1.77 bits per heavy atom. The fraction of sp³-hybridized carbons (Fsp3) is 0.556. The summed E-state index contributed by atoms with van der Waals surface area (Å²) in [6.07, 6.45) is 0. The van der Waals surface area contributed by atoms with E-state index in [2.05, 4.69) is 74.3 Å². The van der Waals surface area contributed by atoms with Crippen molar-refractivity contribution in [1.82, 2.24) is 15.5 Å². The minimum absolute atomic E-state index is 0.181. The molecule has 0 radical (unpaired) electrons. The number of hydrogen-bond donors (Lipinski definition) is 1. The van der Waals surface area contributed by atoms with E-state index in [0.717, 1.165) is 0 Å². The summed E-state index contributed by atoms with van der Waals surface area (Å²) >= 11 is 0. The van der Waals surface area contributed by atoms with Gasteiger partial charge in [-0.3, -0.25) is 0 Å². The number of nitrogens with zero attached hydrogens (tertiary/aromatic N) is 2. The Morgan fingerprint density at radius 1 is 1.14 bits per heavy atom. The van der Waals surface area contributed by atoms with Crippen LogP contribution in [0.15, 0.2) is 28.8 Å². The van der Waals surface area contributed by atoms with Gasteiger partial charge in [-0.1, -0.05) is 64.0 Å². The third kappa shape index (κ3) is 4.17. The van der Waals surface area contributed by atoms with Crippen LogP contribution in [0.3, 0.4) is 0 Å². The van der Waals surface area contributed by atoms with E-state index < -0.39 is 0 Å². The maximum atomic E-state index is 5.17. The zero-order chi connectivity index (χ0) is 16.3. The first kappa shape index (κ1) is 16.7. The Morgan fingerprint density at radius 3 is 2.23 bits per heavy atom. The molecule has 1 aromatic carbocycles. The summed E-state index contributed by atoms with van der Waals surface area (Å²) in [5, 5.41) is 7.35. The van der Waals surface area contributed by atoms with Crippen LogP contribution in [-0.2, 0) is 12.0 Å². The van der Waals surface area contributed by atoms with E-state index in [1.54, 1.807) is 0 Å². The summed E-state index contributed by atoms with van der Waals surface area (Å²) in [6, 6.07) is 9.16. The first-order chi connectivity index (χ1) is 10.3. The SMILES string of the molecule is Cc1noc(CNC(c2ccc(C(C)(C)C)cc2)C(C)C)n1. The Labute approximate surface area is 133 Å². The van der Waals surface area contributed by atoms with Gasteiger partial charge in [-0.25, -0.2) is 0 Å². The topological polar surface area (TPSA) is 51.0 Å². The van der Waals surface area contributed by atoms with Gasteiger partial charge in [0.05, 0.1) is 6.54 Å². The van der Waals surface area contributed by atoms with E-state index in [0.29, 0.717) is 24.2 Å². The van der Waals surface area contributed by atoms with Gasteiger partial charge in [-0.2, -0.15) is 4.98 Å². The molecular weight excluding hydrogens is 274 g/mol. The highest BCUT2D eigenvalue weighted by Gasteiger charge is 2.18. The van der Waals surface area contributed by atoms with Crippen LogP contribution < -0.4 is 5.32 Å². The highest BCUT2D eigenvalue weighted by atomic mass is 16.5. The van der Waals surface area contributed by atoms with Crippen LogP contribution in [0.1, 0.15) is 63.5 Å². The standard InChI is InChI=1S/C18H27N3O/c1-12(2)17(19-11-16-20-13(3)21-22-16)14-7-9-15(10-8-14)18(4,5)6/h7-10,12,17,19H,11H2,1-6H3. The molecule has 120 valence electrons. The van der Waals surface area contributed by atoms with Crippen LogP contribution in [0.25, 0.3) is 0 Å². The number of hydrogen-bond acceptors (Lipinski definition) is 4. The van der Waals surface area contributed by atoms with Gasteiger partial charge < -0.3 is 9.84 Å². The molecule has 0 fully saturated rings. The molecule has 0 amide bonds. The van der Waals surface area contributed by atoms with E-state index in [1.807, 2.05) is 6.92 Å². The predicted octanol–water partition coefficient (Wildman–Crippen LogP) is 4.16. The lowest BCUT2D eigenvalue weighted by Gasteiger charge is -2.24. The van der Waals surface area contributed by atoms with E-state index >= 15 is 0 Å². The van der Waals surface area contributed by atoms with Crippen LogP contribution in [0.4, 0.5) is 0 Å². The number of aryl methyl sites for hydroxylation is 1. The molecule has 2 aromatic rings. The van der Waals surface area contributed by atoms with Crippen LogP contribution in [0, 0.1) is 12.8 Å². The Hall–Kier alpha value is -1.68. The Kier molecular flexibility index (Phi) is 5.01. The predicted molar refractivity (Wildman–Crippen MR) is 88.6 cm³/mol. The summed E-state index contributed by atoms with van der Waals surface area (Å²) in [5.41, 5.74) is 2.83. The molecule has 1 heterocycles. The van der Waals surface area contributed by atoms with Crippen molar-refractivity contribution in [1.29, 1.82) is 0 Å². The third-order valence-corrected chi connectivity index (χ3v) is 3.85. The zero-order valence-corrected chi connectivity index (χ0v) is 14.5. The fourth-order valence-electron chi connectivity index (χ4n) is 2.54. The van der Waals surface area contributed by atoms with Gasteiger partial charge >= 0.3 is 0 Å². The third-order valence-electron chi connectivity index (χ3n) is 3.85. The van der Waals surface area contributed by atoms with Gasteiger partial charge in [-0.15, -0.1) is 0 Å². The first-order valence-electron chi connectivity index (χ1n) is 7.90. The molecule has 1 aromatic heterocycles. The van der Waals surface area contributed by atoms with Crippen LogP contribution >= 0.6 is 0 Å². The van der Waals surface area contributed by atoms with Crippen LogP contribution in [0.2, 0.25) is 0 Å². The molecule has 0 aliphatic heterocycles. The van der Waals surface area contributed by atoms with Crippen molar-refractivity contribution >= 4 is 0 Å². The number of nitrogens with one attached hydrogen (secondary N) is 1. The van der Waals surface area contributed by atoms with Gasteiger partial charge in [0.15, 0.2) is 5.82 Å². The lowest BCUT2D eigenvalue weighted by atomic mass is 9.85. The number of aromatic nitrogens is 2. The number of benzene rings is 1. The van der Waals surface area contributed by atoms with E-state index in [9.17, 15) is 0 Å². The average molecular weight is 301 g/mol. The summed E-state index contributed by atoms with van der Waals surface area (Å²) in [5.74, 6) is 1.78. The van der Waals surface area contributed by atoms with Gasteiger partial charge in [0.2, 0.25) is 5.89 Å². The molecule has 1 N–H and O–H groups in total. The van der Waals surface area contributed by atoms with Crippen molar-refractivity contribution in [2.24, 2.45) is 5.92 Å². The van der Waals surface area contributed by atoms with Crippen LogP contribution in [0.5, 0.6) is 0 Å². The first-order valence-corrected chi connectivity index (χ1v) is 7.90. The molecule has 2 rings (SSSR count). The van der Waals surface area contributed by atoms with Gasteiger partial charge in [0.1, 0.15) is 0 Å². The average Bonchev–Trinajstić information content (AvgIpc) is 2.84. The van der Waals surface area contributed by atoms with E-state index in [-0.39, 0.29) is 11.5 Å².